The largest absolute Gasteiger partial charge is 0.352 e. The molecule has 1 amide bonds. The van der Waals surface area contributed by atoms with Crippen molar-refractivity contribution in [3.63, 3.8) is 0 Å². The van der Waals surface area contributed by atoms with Crippen LogP contribution in [0.1, 0.15) is 50.6 Å². The van der Waals surface area contributed by atoms with E-state index in [0.717, 1.165) is 44.9 Å². The van der Waals surface area contributed by atoms with E-state index in [1.807, 2.05) is 0 Å². The minimum atomic E-state index is 0.243. The van der Waals surface area contributed by atoms with Gasteiger partial charge in [0, 0.05) is 31.6 Å². The molecule has 0 saturated carbocycles. The summed E-state index contributed by atoms with van der Waals surface area (Å²) in [5, 5.41) is 6.64. The summed E-state index contributed by atoms with van der Waals surface area (Å²) in [4.78, 5) is 14.7. The number of rotatable bonds is 6. The number of hydrogen-bond donors (Lipinski definition) is 2. The number of nitrogens with one attached hydrogen (secondary N) is 2. The van der Waals surface area contributed by atoms with Crippen molar-refractivity contribution in [3.05, 3.63) is 35.9 Å². The lowest BCUT2D eigenvalue weighted by atomic mass is 9.93. The highest BCUT2D eigenvalue weighted by Crippen LogP contribution is 2.24. The lowest BCUT2D eigenvalue weighted by molar-refractivity contribution is -0.122. The molecule has 24 heavy (non-hydrogen) atoms. The van der Waals surface area contributed by atoms with Gasteiger partial charge in [-0.1, -0.05) is 30.3 Å². The predicted octanol–water partition coefficient (Wildman–Crippen LogP) is 2.72. The molecular formula is C20H31N3O. The molecule has 0 bridgehead atoms. The lowest BCUT2D eigenvalue weighted by Gasteiger charge is -2.25. The van der Waals surface area contributed by atoms with Crippen LogP contribution in [0.25, 0.3) is 0 Å². The molecule has 2 saturated heterocycles. The van der Waals surface area contributed by atoms with Crippen LogP contribution in [0.15, 0.2) is 30.3 Å². The first-order chi connectivity index (χ1) is 11.7. The summed E-state index contributed by atoms with van der Waals surface area (Å²) in [6.07, 6.45) is 5.24. The maximum atomic E-state index is 12.2. The summed E-state index contributed by atoms with van der Waals surface area (Å²) in [6.45, 7) is 6.52. The van der Waals surface area contributed by atoms with Crippen LogP contribution in [0.2, 0.25) is 0 Å². The van der Waals surface area contributed by atoms with E-state index in [1.165, 1.54) is 18.4 Å². The molecule has 4 heteroatoms. The van der Waals surface area contributed by atoms with Crippen LogP contribution in [0.4, 0.5) is 0 Å². The van der Waals surface area contributed by atoms with Crippen LogP contribution in [-0.4, -0.2) is 43.0 Å². The number of amides is 1. The number of piperidine rings is 1. The van der Waals surface area contributed by atoms with Crippen LogP contribution in [0.3, 0.4) is 0 Å². The van der Waals surface area contributed by atoms with E-state index in [4.69, 9.17) is 0 Å². The van der Waals surface area contributed by atoms with Crippen molar-refractivity contribution in [1.29, 1.82) is 0 Å². The molecule has 2 heterocycles. The molecule has 0 radical (unpaired) electrons. The van der Waals surface area contributed by atoms with Gasteiger partial charge in [-0.2, -0.15) is 0 Å². The van der Waals surface area contributed by atoms with Crippen LogP contribution < -0.4 is 10.6 Å². The third-order valence-electron chi connectivity index (χ3n) is 5.65. The average molecular weight is 329 g/mol. The molecular weight excluding hydrogens is 298 g/mol. The first kappa shape index (κ1) is 17.4. The number of benzene rings is 1. The summed E-state index contributed by atoms with van der Waals surface area (Å²) < 4.78 is 0. The molecule has 4 nitrogen and oxygen atoms in total. The summed E-state index contributed by atoms with van der Waals surface area (Å²) in [5.41, 5.74) is 1.36. The van der Waals surface area contributed by atoms with Crippen molar-refractivity contribution < 1.29 is 4.79 Å². The van der Waals surface area contributed by atoms with Gasteiger partial charge in [0.15, 0.2) is 0 Å². The Labute approximate surface area is 146 Å². The van der Waals surface area contributed by atoms with Gasteiger partial charge in [-0.3, -0.25) is 9.69 Å². The zero-order chi connectivity index (χ0) is 16.8. The van der Waals surface area contributed by atoms with Crippen LogP contribution in [-0.2, 0) is 4.79 Å². The van der Waals surface area contributed by atoms with Crippen molar-refractivity contribution in [2.45, 2.75) is 51.1 Å². The molecule has 3 rings (SSSR count). The van der Waals surface area contributed by atoms with Gasteiger partial charge in [0.05, 0.1) is 0 Å². The van der Waals surface area contributed by atoms with E-state index in [2.05, 4.69) is 52.8 Å². The van der Waals surface area contributed by atoms with Gasteiger partial charge >= 0.3 is 0 Å². The number of likely N-dealkylation sites (tertiary alicyclic amines) is 1. The molecule has 0 spiro atoms. The molecule has 2 N–H and O–H groups in total. The van der Waals surface area contributed by atoms with E-state index in [-0.39, 0.29) is 5.91 Å². The second kappa shape index (κ2) is 8.63. The Morgan fingerprint density at radius 3 is 2.75 bits per heavy atom. The summed E-state index contributed by atoms with van der Waals surface area (Å²) >= 11 is 0. The van der Waals surface area contributed by atoms with Crippen molar-refractivity contribution in [1.82, 2.24) is 15.5 Å². The van der Waals surface area contributed by atoms with Crippen molar-refractivity contribution in [3.8, 4) is 0 Å². The number of hydrogen-bond acceptors (Lipinski definition) is 3. The highest BCUT2D eigenvalue weighted by atomic mass is 16.1. The number of carbonyl (C=O) groups excluding carboxylic acids is 1. The minimum Gasteiger partial charge on any atom is -0.352 e. The Morgan fingerprint density at radius 2 is 2.00 bits per heavy atom. The summed E-state index contributed by atoms with van der Waals surface area (Å²) in [5.74, 6) is 0.975. The molecule has 0 aliphatic carbocycles. The van der Waals surface area contributed by atoms with Gasteiger partial charge in [-0.15, -0.1) is 0 Å². The quantitative estimate of drug-likeness (QED) is 0.843. The first-order valence-electron chi connectivity index (χ1n) is 9.51. The van der Waals surface area contributed by atoms with Gasteiger partial charge in [-0.05, 0) is 57.2 Å². The van der Waals surface area contributed by atoms with Gasteiger partial charge in [0.25, 0.3) is 0 Å². The molecule has 132 valence electrons. The lowest BCUT2D eigenvalue weighted by Crippen LogP contribution is -2.38. The molecule has 2 aliphatic heterocycles. The topological polar surface area (TPSA) is 44.4 Å². The standard InChI is InChI=1S/C20H31N3O/c1-16(18-5-3-2-4-6-18)23-14-11-19(15-23)22-20(24)8-7-17-9-12-21-13-10-17/h2-6,16-17,19,21H,7-15H2,1H3,(H,22,24). The zero-order valence-corrected chi connectivity index (χ0v) is 14.8. The fourth-order valence-corrected chi connectivity index (χ4v) is 4.00. The van der Waals surface area contributed by atoms with E-state index >= 15 is 0 Å². The molecule has 2 atom stereocenters. The van der Waals surface area contributed by atoms with Crippen molar-refractivity contribution in [2.24, 2.45) is 5.92 Å². The normalized spacial score (nSPS) is 24.0. The predicted molar refractivity (Wildman–Crippen MR) is 97.8 cm³/mol. The maximum absolute atomic E-state index is 12.2. The van der Waals surface area contributed by atoms with Crippen molar-refractivity contribution >= 4 is 5.91 Å². The molecule has 2 fully saturated rings. The maximum Gasteiger partial charge on any atom is 0.220 e. The van der Waals surface area contributed by atoms with Gasteiger partial charge < -0.3 is 10.6 Å². The third-order valence-corrected chi connectivity index (χ3v) is 5.65. The number of nitrogens with zero attached hydrogens (tertiary/aromatic N) is 1. The van der Waals surface area contributed by atoms with E-state index < -0.39 is 0 Å². The van der Waals surface area contributed by atoms with Crippen LogP contribution in [0, 0.1) is 5.92 Å². The van der Waals surface area contributed by atoms with E-state index in [1.54, 1.807) is 0 Å². The van der Waals surface area contributed by atoms with Crippen molar-refractivity contribution in [2.75, 3.05) is 26.2 Å². The van der Waals surface area contributed by atoms with Crippen LogP contribution in [0.5, 0.6) is 0 Å². The fraction of sp³-hybridized carbons (Fsp3) is 0.650. The smallest absolute Gasteiger partial charge is 0.220 e. The molecule has 1 aromatic carbocycles. The van der Waals surface area contributed by atoms with E-state index in [9.17, 15) is 4.79 Å². The SMILES string of the molecule is CC(c1ccccc1)N1CCC(NC(=O)CCC2CCNCC2)C1. The average Bonchev–Trinajstić information content (AvgIpc) is 3.09. The second-order valence-electron chi connectivity index (χ2n) is 7.37. The molecule has 0 aromatic heterocycles. The molecule has 2 unspecified atom stereocenters. The first-order valence-corrected chi connectivity index (χ1v) is 9.51. The Morgan fingerprint density at radius 1 is 1.25 bits per heavy atom. The Hall–Kier alpha value is -1.39. The second-order valence-corrected chi connectivity index (χ2v) is 7.37. The summed E-state index contributed by atoms with van der Waals surface area (Å²) in [7, 11) is 0. The minimum absolute atomic E-state index is 0.243. The van der Waals surface area contributed by atoms with Gasteiger partial charge in [0.2, 0.25) is 5.91 Å². The Kier molecular flexibility index (Phi) is 6.27. The third kappa shape index (κ3) is 4.81. The highest BCUT2D eigenvalue weighted by molar-refractivity contribution is 5.76. The van der Waals surface area contributed by atoms with Gasteiger partial charge in [0.1, 0.15) is 0 Å². The number of carbonyl (C=O) groups is 1. The zero-order valence-electron chi connectivity index (χ0n) is 14.8. The highest BCUT2D eigenvalue weighted by Gasteiger charge is 2.27. The van der Waals surface area contributed by atoms with Gasteiger partial charge in [-0.25, -0.2) is 0 Å². The Bertz CT molecular complexity index is 513. The summed E-state index contributed by atoms with van der Waals surface area (Å²) in [6, 6.07) is 11.4. The van der Waals surface area contributed by atoms with Crippen LogP contribution >= 0.6 is 0 Å². The monoisotopic (exact) mass is 329 g/mol. The molecule has 1 aromatic rings. The fourth-order valence-electron chi connectivity index (χ4n) is 4.00. The Balaban J connectivity index is 1.40. The van der Waals surface area contributed by atoms with E-state index in [0.29, 0.717) is 18.5 Å². The molecule has 2 aliphatic rings.